The van der Waals surface area contributed by atoms with Gasteiger partial charge >= 0.3 is 0 Å². The standard InChI is InChI=1S/C21H15NO2S/c1-12-17-18(20(24)15-10-6-5-9-14(15)19(17)23)16-11-25-21(22(12)16)13-7-3-2-4-8-13/h2-10,21H,11H2,1H3/t21-/m1/s1. The second-order valence-electron chi connectivity index (χ2n) is 6.43. The number of rotatable bonds is 1. The van der Waals surface area contributed by atoms with E-state index in [0.29, 0.717) is 22.3 Å². The first kappa shape index (κ1) is 14.7. The molecule has 0 spiro atoms. The Balaban J connectivity index is 1.75. The highest BCUT2D eigenvalue weighted by atomic mass is 32.2. The normalized spacial score (nSPS) is 18.0. The van der Waals surface area contributed by atoms with E-state index >= 15 is 0 Å². The summed E-state index contributed by atoms with van der Waals surface area (Å²) in [7, 11) is 0. The molecule has 1 aromatic heterocycles. The van der Waals surface area contributed by atoms with Crippen molar-refractivity contribution in [1.82, 2.24) is 4.57 Å². The van der Waals surface area contributed by atoms with Crippen LogP contribution in [0.3, 0.4) is 0 Å². The molecule has 0 radical (unpaired) electrons. The maximum atomic E-state index is 13.1. The minimum Gasteiger partial charge on any atom is -0.330 e. The molecule has 1 atom stereocenters. The minimum absolute atomic E-state index is 0.0173. The number of fused-ring (bicyclic) bond motifs is 4. The molecule has 5 rings (SSSR count). The molecule has 0 N–H and O–H groups in total. The quantitative estimate of drug-likeness (QED) is 0.514. The Morgan fingerprint density at radius 1 is 0.880 bits per heavy atom. The fourth-order valence-electron chi connectivity index (χ4n) is 3.99. The molecule has 0 bridgehead atoms. The van der Waals surface area contributed by atoms with E-state index < -0.39 is 0 Å². The Bertz CT molecular complexity index is 1050. The average Bonchev–Trinajstić information content (AvgIpc) is 3.20. The summed E-state index contributed by atoms with van der Waals surface area (Å²) in [6, 6.07) is 17.4. The zero-order chi connectivity index (χ0) is 17.1. The Labute approximate surface area is 149 Å². The molecular formula is C21H15NO2S. The highest BCUT2D eigenvalue weighted by Crippen LogP contribution is 2.47. The molecule has 0 saturated carbocycles. The van der Waals surface area contributed by atoms with Gasteiger partial charge in [-0.05, 0) is 12.5 Å². The fourth-order valence-corrected chi connectivity index (χ4v) is 5.38. The van der Waals surface area contributed by atoms with Gasteiger partial charge in [0.15, 0.2) is 11.6 Å². The van der Waals surface area contributed by atoms with E-state index in [1.165, 1.54) is 5.56 Å². The lowest BCUT2D eigenvalue weighted by Crippen LogP contribution is -2.20. The molecule has 122 valence electrons. The van der Waals surface area contributed by atoms with Gasteiger partial charge in [0.05, 0.1) is 11.1 Å². The number of hydrogen-bond acceptors (Lipinski definition) is 3. The lowest BCUT2D eigenvalue weighted by Gasteiger charge is -2.17. The highest BCUT2D eigenvalue weighted by molar-refractivity contribution is 7.99. The van der Waals surface area contributed by atoms with Crippen LogP contribution in [0.15, 0.2) is 54.6 Å². The van der Waals surface area contributed by atoms with Gasteiger partial charge in [0.1, 0.15) is 5.37 Å². The smallest absolute Gasteiger partial charge is 0.196 e. The van der Waals surface area contributed by atoms with Gasteiger partial charge in [-0.2, -0.15) is 0 Å². The van der Waals surface area contributed by atoms with Crippen molar-refractivity contribution in [2.75, 3.05) is 0 Å². The van der Waals surface area contributed by atoms with Crippen LogP contribution in [-0.4, -0.2) is 16.1 Å². The molecule has 2 aromatic carbocycles. The molecule has 25 heavy (non-hydrogen) atoms. The van der Waals surface area contributed by atoms with Crippen molar-refractivity contribution in [3.05, 3.63) is 93.8 Å². The van der Waals surface area contributed by atoms with E-state index in [0.717, 1.165) is 17.1 Å². The molecule has 0 unspecified atom stereocenters. The zero-order valence-corrected chi connectivity index (χ0v) is 14.5. The monoisotopic (exact) mass is 345 g/mol. The van der Waals surface area contributed by atoms with Crippen LogP contribution >= 0.6 is 11.8 Å². The lowest BCUT2D eigenvalue weighted by molar-refractivity contribution is 0.0979. The third kappa shape index (κ3) is 1.89. The van der Waals surface area contributed by atoms with Crippen LogP contribution in [0.25, 0.3) is 0 Å². The molecule has 0 fully saturated rings. The van der Waals surface area contributed by atoms with Crippen molar-refractivity contribution in [3.63, 3.8) is 0 Å². The molecular weight excluding hydrogens is 330 g/mol. The lowest BCUT2D eigenvalue weighted by atomic mass is 9.84. The van der Waals surface area contributed by atoms with Crippen molar-refractivity contribution < 1.29 is 9.59 Å². The molecule has 2 heterocycles. The van der Waals surface area contributed by atoms with Gasteiger partial charge < -0.3 is 4.57 Å². The van der Waals surface area contributed by atoms with E-state index in [-0.39, 0.29) is 16.9 Å². The predicted octanol–water partition coefficient (Wildman–Crippen LogP) is 4.37. The van der Waals surface area contributed by atoms with Crippen molar-refractivity contribution in [2.24, 2.45) is 0 Å². The largest absolute Gasteiger partial charge is 0.330 e. The number of hydrogen-bond donors (Lipinski definition) is 0. The van der Waals surface area contributed by atoms with Gasteiger partial charge in [-0.1, -0.05) is 54.6 Å². The molecule has 3 nitrogen and oxygen atoms in total. The molecule has 1 aliphatic heterocycles. The Morgan fingerprint density at radius 3 is 2.16 bits per heavy atom. The maximum absolute atomic E-state index is 13.1. The molecule has 3 aromatic rings. The number of thioether (sulfide) groups is 1. The Kier molecular flexibility index (Phi) is 3.06. The van der Waals surface area contributed by atoms with Crippen LogP contribution in [0.5, 0.6) is 0 Å². The topological polar surface area (TPSA) is 39.1 Å². The summed E-state index contributed by atoms with van der Waals surface area (Å²) in [6.45, 7) is 1.96. The van der Waals surface area contributed by atoms with E-state index in [4.69, 9.17) is 0 Å². The van der Waals surface area contributed by atoms with E-state index in [2.05, 4.69) is 16.7 Å². The average molecular weight is 345 g/mol. The summed E-state index contributed by atoms with van der Waals surface area (Å²) < 4.78 is 2.19. The molecule has 0 amide bonds. The summed E-state index contributed by atoms with van der Waals surface area (Å²) in [4.78, 5) is 26.1. The zero-order valence-electron chi connectivity index (χ0n) is 13.7. The minimum atomic E-state index is -0.0265. The van der Waals surface area contributed by atoms with Gasteiger partial charge in [-0.3, -0.25) is 9.59 Å². The number of aromatic nitrogens is 1. The summed E-state index contributed by atoms with van der Waals surface area (Å²) in [5, 5.41) is 0.116. The van der Waals surface area contributed by atoms with Crippen molar-refractivity contribution >= 4 is 23.3 Å². The number of ketones is 2. The maximum Gasteiger partial charge on any atom is 0.196 e. The van der Waals surface area contributed by atoms with Crippen LogP contribution in [0, 0.1) is 6.92 Å². The summed E-state index contributed by atoms with van der Waals surface area (Å²) in [5.41, 5.74) is 5.35. The third-order valence-corrected chi connectivity index (χ3v) is 6.36. The van der Waals surface area contributed by atoms with Crippen LogP contribution in [0.4, 0.5) is 0 Å². The van der Waals surface area contributed by atoms with Crippen LogP contribution in [-0.2, 0) is 5.75 Å². The van der Waals surface area contributed by atoms with Crippen LogP contribution < -0.4 is 0 Å². The van der Waals surface area contributed by atoms with Crippen LogP contribution in [0.2, 0.25) is 0 Å². The van der Waals surface area contributed by atoms with E-state index in [1.807, 2.05) is 37.3 Å². The second kappa shape index (κ2) is 5.20. The number of nitrogens with zero attached hydrogens (tertiary/aromatic N) is 1. The third-order valence-electron chi connectivity index (χ3n) is 5.12. The summed E-state index contributed by atoms with van der Waals surface area (Å²) in [6.07, 6.45) is 0. The molecule has 4 heteroatoms. The van der Waals surface area contributed by atoms with Gasteiger partial charge in [-0.15, -0.1) is 11.8 Å². The Hall–Kier alpha value is -2.59. The first-order chi connectivity index (χ1) is 12.2. The SMILES string of the molecule is Cc1c2c(c3n1[C@@H](c1ccccc1)SC3)C(=O)c1ccccc1C2=O. The first-order valence-corrected chi connectivity index (χ1v) is 9.32. The fraction of sp³-hybridized carbons (Fsp3) is 0.143. The second-order valence-corrected chi connectivity index (χ2v) is 7.50. The molecule has 1 aliphatic carbocycles. The number of carbonyl (C=O) groups is 2. The van der Waals surface area contributed by atoms with Gasteiger partial charge in [0, 0.05) is 28.3 Å². The molecule has 2 aliphatic rings. The van der Waals surface area contributed by atoms with Crippen molar-refractivity contribution in [3.8, 4) is 0 Å². The Morgan fingerprint density at radius 2 is 1.48 bits per heavy atom. The summed E-state index contributed by atoms with van der Waals surface area (Å²) in [5.74, 6) is 0.703. The van der Waals surface area contributed by atoms with Crippen LogP contribution in [0.1, 0.15) is 54.2 Å². The predicted molar refractivity (Wildman–Crippen MR) is 98.4 cm³/mol. The van der Waals surface area contributed by atoms with Gasteiger partial charge in [0.2, 0.25) is 0 Å². The number of benzene rings is 2. The number of carbonyl (C=O) groups excluding carboxylic acids is 2. The van der Waals surface area contributed by atoms with Gasteiger partial charge in [-0.25, -0.2) is 0 Å². The van der Waals surface area contributed by atoms with E-state index in [9.17, 15) is 9.59 Å². The first-order valence-electron chi connectivity index (χ1n) is 8.27. The summed E-state index contributed by atoms with van der Waals surface area (Å²) >= 11 is 1.80. The van der Waals surface area contributed by atoms with E-state index in [1.54, 1.807) is 23.9 Å². The van der Waals surface area contributed by atoms with Crippen molar-refractivity contribution in [2.45, 2.75) is 18.1 Å². The highest BCUT2D eigenvalue weighted by Gasteiger charge is 2.40. The van der Waals surface area contributed by atoms with Crippen molar-refractivity contribution in [1.29, 1.82) is 0 Å². The van der Waals surface area contributed by atoms with Gasteiger partial charge in [0.25, 0.3) is 0 Å². The molecule has 0 saturated heterocycles.